The van der Waals surface area contributed by atoms with E-state index in [1.54, 1.807) is 0 Å². The molecule has 1 heterocycles. The van der Waals surface area contributed by atoms with Gasteiger partial charge < -0.3 is 16.5 Å². The van der Waals surface area contributed by atoms with Gasteiger partial charge in [-0.2, -0.15) is 0 Å². The summed E-state index contributed by atoms with van der Waals surface area (Å²) in [6, 6.07) is 5.82. The fourth-order valence-corrected chi connectivity index (χ4v) is 1.89. The molecule has 0 aromatic heterocycles. The van der Waals surface area contributed by atoms with Crippen molar-refractivity contribution in [2.45, 2.75) is 13.3 Å². The Labute approximate surface area is 107 Å². The molecule has 2 rings (SSSR count). The summed E-state index contributed by atoms with van der Waals surface area (Å²) in [4.78, 5) is 11.9. The Balaban J connectivity index is 2.34. The molecule has 0 radical (unpaired) electrons. The molecule has 1 aliphatic heterocycles. The van der Waals surface area contributed by atoms with Crippen molar-refractivity contribution < 1.29 is 4.79 Å². The van der Waals surface area contributed by atoms with Crippen molar-refractivity contribution in [1.82, 2.24) is 10.7 Å². The molecule has 0 saturated carbocycles. The van der Waals surface area contributed by atoms with E-state index >= 15 is 0 Å². The first-order chi connectivity index (χ1) is 8.65. The number of hydrogen-bond acceptors (Lipinski definition) is 4. The minimum atomic E-state index is -0.186. The summed E-state index contributed by atoms with van der Waals surface area (Å²) in [6.45, 7) is 2.64. The number of carbonyl (C=O) groups excluding carboxylic acids is 1. The van der Waals surface area contributed by atoms with Crippen molar-refractivity contribution in [3.63, 3.8) is 0 Å². The highest BCUT2D eigenvalue weighted by Gasteiger charge is 2.21. The van der Waals surface area contributed by atoms with Gasteiger partial charge in [-0.1, -0.05) is 30.6 Å². The Morgan fingerprint density at radius 2 is 2.22 bits per heavy atom. The number of hydrazine groups is 1. The number of anilines is 1. The van der Waals surface area contributed by atoms with Crippen LogP contribution in [0.25, 0.3) is 5.70 Å². The van der Waals surface area contributed by atoms with Crippen molar-refractivity contribution in [1.29, 1.82) is 0 Å². The SMILES string of the molecule is Bc1cccc2c1NNC(C(=O)NCCC)=C2N. The van der Waals surface area contributed by atoms with Crippen molar-refractivity contribution in [2.75, 3.05) is 12.0 Å². The smallest absolute Gasteiger partial charge is 0.271 e. The number of hydrogen-bond donors (Lipinski definition) is 4. The fraction of sp³-hybridized carbons (Fsp3) is 0.250. The lowest BCUT2D eigenvalue weighted by molar-refractivity contribution is -0.117. The molecule has 18 heavy (non-hydrogen) atoms. The summed E-state index contributed by atoms with van der Waals surface area (Å²) in [5, 5.41) is 2.80. The second-order valence-corrected chi connectivity index (χ2v) is 4.29. The first kappa shape index (κ1) is 12.4. The standard InChI is InChI=1S/C12H17BN4O/c1-2-6-15-12(18)11-9(14)7-4-3-5-8(13)10(7)16-17-11/h3-5,16-17H,2,6,13-14H2,1H3,(H,15,18). The average Bonchev–Trinajstić information content (AvgIpc) is 2.37. The highest BCUT2D eigenvalue weighted by Crippen LogP contribution is 2.23. The minimum absolute atomic E-state index is 0.186. The molecule has 0 atom stereocenters. The third-order valence-corrected chi connectivity index (χ3v) is 2.91. The van der Waals surface area contributed by atoms with E-state index in [1.165, 1.54) is 0 Å². The monoisotopic (exact) mass is 244 g/mol. The largest absolute Gasteiger partial charge is 0.396 e. The second-order valence-electron chi connectivity index (χ2n) is 4.29. The maximum absolute atomic E-state index is 11.9. The zero-order chi connectivity index (χ0) is 13.1. The van der Waals surface area contributed by atoms with Gasteiger partial charge in [0.05, 0.1) is 11.4 Å². The van der Waals surface area contributed by atoms with Crippen LogP contribution in [0, 0.1) is 0 Å². The van der Waals surface area contributed by atoms with Crippen LogP contribution in [-0.4, -0.2) is 20.3 Å². The van der Waals surface area contributed by atoms with Gasteiger partial charge in [0.15, 0.2) is 0 Å². The van der Waals surface area contributed by atoms with Crippen LogP contribution >= 0.6 is 0 Å². The van der Waals surface area contributed by atoms with Gasteiger partial charge in [-0.3, -0.25) is 10.2 Å². The fourth-order valence-electron chi connectivity index (χ4n) is 1.89. The van der Waals surface area contributed by atoms with E-state index in [0.717, 1.165) is 23.1 Å². The van der Waals surface area contributed by atoms with E-state index in [-0.39, 0.29) is 5.91 Å². The molecule has 5 nitrogen and oxygen atoms in total. The van der Waals surface area contributed by atoms with Crippen LogP contribution in [0.2, 0.25) is 0 Å². The number of fused-ring (bicyclic) bond motifs is 1. The Bertz CT molecular complexity index is 513. The van der Waals surface area contributed by atoms with E-state index in [0.29, 0.717) is 17.9 Å². The molecule has 1 aromatic rings. The highest BCUT2D eigenvalue weighted by molar-refractivity contribution is 6.36. The number of para-hydroxylation sites is 1. The van der Waals surface area contributed by atoms with E-state index in [4.69, 9.17) is 5.73 Å². The Hall–Kier alpha value is -2.11. The van der Waals surface area contributed by atoms with Crippen LogP contribution in [-0.2, 0) is 4.79 Å². The average molecular weight is 244 g/mol. The van der Waals surface area contributed by atoms with Gasteiger partial charge in [0.25, 0.3) is 5.91 Å². The maximum Gasteiger partial charge on any atom is 0.271 e. The topological polar surface area (TPSA) is 79.2 Å². The molecule has 0 unspecified atom stereocenters. The number of amides is 1. The van der Waals surface area contributed by atoms with Crippen molar-refractivity contribution in [3.05, 3.63) is 29.5 Å². The lowest BCUT2D eigenvalue weighted by atomic mass is 9.90. The summed E-state index contributed by atoms with van der Waals surface area (Å²) < 4.78 is 0. The molecule has 1 amide bonds. The van der Waals surface area contributed by atoms with Gasteiger partial charge in [0.1, 0.15) is 13.5 Å². The third-order valence-electron chi connectivity index (χ3n) is 2.91. The Kier molecular flexibility index (Phi) is 3.46. The predicted molar refractivity (Wildman–Crippen MR) is 75.8 cm³/mol. The molecular weight excluding hydrogens is 227 g/mol. The third kappa shape index (κ3) is 2.14. The highest BCUT2D eigenvalue weighted by atomic mass is 16.2. The predicted octanol–water partition coefficient (Wildman–Crippen LogP) is -0.971. The van der Waals surface area contributed by atoms with Gasteiger partial charge in [0, 0.05) is 12.1 Å². The van der Waals surface area contributed by atoms with Gasteiger partial charge in [0.2, 0.25) is 0 Å². The molecule has 0 bridgehead atoms. The minimum Gasteiger partial charge on any atom is -0.396 e. The molecule has 1 aliphatic rings. The van der Waals surface area contributed by atoms with Crippen molar-refractivity contribution in [2.24, 2.45) is 5.73 Å². The molecule has 0 saturated heterocycles. The van der Waals surface area contributed by atoms with Crippen molar-refractivity contribution >= 4 is 30.6 Å². The molecule has 0 aliphatic carbocycles. The Morgan fingerprint density at radius 1 is 1.44 bits per heavy atom. The lowest BCUT2D eigenvalue weighted by Crippen LogP contribution is -2.40. The number of benzene rings is 1. The van der Waals surface area contributed by atoms with Crippen LogP contribution in [0.1, 0.15) is 18.9 Å². The summed E-state index contributed by atoms with van der Waals surface area (Å²) in [5.74, 6) is -0.186. The maximum atomic E-state index is 11.9. The van der Waals surface area contributed by atoms with Crippen LogP contribution < -0.4 is 27.4 Å². The number of carbonyl (C=O) groups is 1. The normalized spacial score (nSPS) is 13.4. The van der Waals surface area contributed by atoms with Crippen molar-refractivity contribution in [3.8, 4) is 0 Å². The van der Waals surface area contributed by atoms with Crippen LogP contribution in [0.3, 0.4) is 0 Å². The first-order valence-electron chi connectivity index (χ1n) is 6.05. The summed E-state index contributed by atoms with van der Waals surface area (Å²) in [6.07, 6.45) is 0.891. The van der Waals surface area contributed by atoms with E-state index < -0.39 is 0 Å². The molecule has 0 fully saturated rings. The van der Waals surface area contributed by atoms with Crippen LogP contribution in [0.5, 0.6) is 0 Å². The summed E-state index contributed by atoms with van der Waals surface area (Å²) >= 11 is 0. The lowest BCUT2D eigenvalue weighted by Gasteiger charge is -2.25. The van der Waals surface area contributed by atoms with Crippen LogP contribution in [0.15, 0.2) is 23.9 Å². The van der Waals surface area contributed by atoms with Crippen LogP contribution in [0.4, 0.5) is 5.69 Å². The summed E-state index contributed by atoms with van der Waals surface area (Å²) in [5.41, 5.74) is 15.6. The van der Waals surface area contributed by atoms with Gasteiger partial charge in [-0.25, -0.2) is 0 Å². The molecule has 94 valence electrons. The van der Waals surface area contributed by atoms with E-state index in [1.807, 2.05) is 33.0 Å². The summed E-state index contributed by atoms with van der Waals surface area (Å²) in [7, 11) is 1.99. The Morgan fingerprint density at radius 3 is 2.94 bits per heavy atom. The van der Waals surface area contributed by atoms with Gasteiger partial charge in [-0.15, -0.1) is 0 Å². The number of nitrogens with one attached hydrogen (secondary N) is 3. The van der Waals surface area contributed by atoms with Gasteiger partial charge in [-0.05, 0) is 6.42 Å². The quantitative estimate of drug-likeness (QED) is 0.516. The first-order valence-corrected chi connectivity index (χ1v) is 6.05. The zero-order valence-corrected chi connectivity index (χ0v) is 10.6. The zero-order valence-electron chi connectivity index (χ0n) is 10.6. The van der Waals surface area contributed by atoms with E-state index in [2.05, 4.69) is 16.2 Å². The number of rotatable bonds is 3. The van der Waals surface area contributed by atoms with E-state index in [9.17, 15) is 4.79 Å². The molecular formula is C12H17BN4O. The molecule has 5 N–H and O–H groups in total. The number of nitrogens with two attached hydrogens (primary N) is 1. The van der Waals surface area contributed by atoms with Gasteiger partial charge >= 0.3 is 0 Å². The molecule has 1 aromatic carbocycles. The molecule has 6 heteroatoms. The molecule has 0 spiro atoms. The second kappa shape index (κ2) is 5.04.